The van der Waals surface area contributed by atoms with Gasteiger partial charge >= 0.3 is 17.9 Å². The van der Waals surface area contributed by atoms with Crippen molar-refractivity contribution in [1.29, 1.82) is 0 Å². The van der Waals surface area contributed by atoms with E-state index < -0.39 is 0 Å². The summed E-state index contributed by atoms with van der Waals surface area (Å²) < 4.78 is 16.4. The molecular weight excluding hydrogens is 460 g/mol. The van der Waals surface area contributed by atoms with E-state index in [1.165, 1.54) is 21.0 Å². The molecule has 36 heavy (non-hydrogen) atoms. The highest BCUT2D eigenvalue weighted by atomic mass is 16.5. The van der Waals surface area contributed by atoms with E-state index in [1.807, 2.05) is 6.08 Å². The molecule has 3 unspecified atom stereocenters. The minimum absolute atomic E-state index is 0.0127. The molecule has 0 aromatic rings. The number of rotatable bonds is 6. The fourth-order valence-electron chi connectivity index (χ4n) is 8.59. The Hall–Kier alpha value is -2.18. The molecule has 7 nitrogen and oxygen atoms in total. The summed E-state index contributed by atoms with van der Waals surface area (Å²) in [5, 5.41) is 0. The van der Waals surface area contributed by atoms with Crippen LogP contribution >= 0.6 is 0 Å². The average molecular weight is 503 g/mol. The monoisotopic (exact) mass is 502 g/mol. The average Bonchev–Trinajstić information content (AvgIpc) is 3.08. The number of carbonyl (C=O) groups is 4. The smallest absolute Gasteiger partial charge is 0.305 e. The van der Waals surface area contributed by atoms with Gasteiger partial charge in [0.15, 0.2) is 5.78 Å². The van der Waals surface area contributed by atoms with Gasteiger partial charge in [-0.25, -0.2) is 0 Å². The molecule has 4 rings (SSSR count). The number of ether oxygens (including phenoxy) is 3. The van der Waals surface area contributed by atoms with Crippen LogP contribution in [0.1, 0.15) is 86.0 Å². The van der Waals surface area contributed by atoms with Crippen molar-refractivity contribution in [2.24, 2.45) is 40.4 Å². The van der Waals surface area contributed by atoms with Crippen molar-refractivity contribution in [2.45, 2.75) is 98.2 Å². The van der Waals surface area contributed by atoms with Crippen LogP contribution in [0.25, 0.3) is 0 Å². The van der Waals surface area contributed by atoms with Crippen LogP contribution in [-0.2, 0) is 33.4 Å². The van der Waals surface area contributed by atoms with Crippen LogP contribution in [0.4, 0.5) is 0 Å². The third-order valence-electron chi connectivity index (χ3n) is 10.2. The molecule has 200 valence electrons. The van der Waals surface area contributed by atoms with Gasteiger partial charge in [0.1, 0.15) is 12.2 Å². The van der Waals surface area contributed by atoms with E-state index in [0.717, 1.165) is 37.7 Å². The Morgan fingerprint density at radius 2 is 1.75 bits per heavy atom. The minimum Gasteiger partial charge on any atom is -0.469 e. The van der Waals surface area contributed by atoms with E-state index in [0.29, 0.717) is 19.3 Å². The zero-order valence-electron chi connectivity index (χ0n) is 22.6. The minimum atomic E-state index is -0.326. The first-order valence-electron chi connectivity index (χ1n) is 13.6. The third kappa shape index (κ3) is 4.63. The Bertz CT molecular complexity index is 953. The summed E-state index contributed by atoms with van der Waals surface area (Å²) in [7, 11) is 1.40. The normalized spacial score (nSPS) is 40.2. The van der Waals surface area contributed by atoms with Gasteiger partial charge in [-0.3, -0.25) is 19.2 Å². The summed E-state index contributed by atoms with van der Waals surface area (Å²) in [6.07, 6.45) is 7.51. The van der Waals surface area contributed by atoms with Crippen molar-refractivity contribution >= 4 is 23.7 Å². The molecule has 0 spiro atoms. The standard InChI is InChI=1S/C29H42O7/c1-16(7-8-25(33)34-6)22-15-23(32)27-26-21(10-12-29(22,27)5)28(4)11-9-20(35-17(2)30)13-19(28)14-24(26)36-18(3)31/h15-16,19-21,24,26-27H,7-14H2,1-6H3/t16-,19?,20-,21?,24-,26?,27+,28+,29-/m1/s1. The van der Waals surface area contributed by atoms with E-state index in [-0.39, 0.29) is 76.3 Å². The number of allylic oxidation sites excluding steroid dienone is 2. The highest BCUT2D eigenvalue weighted by Crippen LogP contribution is 2.67. The molecule has 0 radical (unpaired) electrons. The van der Waals surface area contributed by atoms with Crippen molar-refractivity contribution in [2.75, 3.05) is 7.11 Å². The number of hydrogen-bond acceptors (Lipinski definition) is 7. The molecule has 0 amide bonds. The number of ketones is 1. The fourth-order valence-corrected chi connectivity index (χ4v) is 8.59. The van der Waals surface area contributed by atoms with Gasteiger partial charge in [0.05, 0.1) is 7.11 Å². The molecule has 0 aromatic heterocycles. The molecule has 3 saturated carbocycles. The Balaban J connectivity index is 1.63. The van der Waals surface area contributed by atoms with Crippen LogP contribution in [0, 0.1) is 40.4 Å². The summed E-state index contributed by atoms with van der Waals surface area (Å²) >= 11 is 0. The molecule has 9 atom stereocenters. The highest BCUT2D eigenvalue weighted by molar-refractivity contribution is 5.97. The van der Waals surface area contributed by atoms with Crippen LogP contribution in [0.15, 0.2) is 11.6 Å². The van der Waals surface area contributed by atoms with Crippen molar-refractivity contribution in [3.8, 4) is 0 Å². The molecule has 0 aromatic carbocycles. The zero-order valence-corrected chi connectivity index (χ0v) is 22.6. The van der Waals surface area contributed by atoms with Gasteiger partial charge < -0.3 is 14.2 Å². The van der Waals surface area contributed by atoms with Gasteiger partial charge in [-0.2, -0.15) is 0 Å². The lowest BCUT2D eigenvalue weighted by Crippen LogP contribution is -2.60. The molecule has 3 fully saturated rings. The number of esters is 3. The van der Waals surface area contributed by atoms with Crippen molar-refractivity contribution in [3.05, 3.63) is 11.6 Å². The fraction of sp³-hybridized carbons (Fsp3) is 0.793. The third-order valence-corrected chi connectivity index (χ3v) is 10.2. The van der Waals surface area contributed by atoms with E-state index in [1.54, 1.807) is 0 Å². The summed E-state index contributed by atoms with van der Waals surface area (Å²) in [6, 6.07) is 0. The molecule has 0 heterocycles. The maximum atomic E-state index is 13.7. The highest BCUT2D eigenvalue weighted by Gasteiger charge is 2.64. The molecule has 4 aliphatic rings. The Labute approximate surface area is 214 Å². The quantitative estimate of drug-likeness (QED) is 0.380. The maximum Gasteiger partial charge on any atom is 0.305 e. The van der Waals surface area contributed by atoms with E-state index >= 15 is 0 Å². The topological polar surface area (TPSA) is 96.0 Å². The zero-order chi connectivity index (χ0) is 26.4. The maximum absolute atomic E-state index is 13.7. The molecule has 7 heteroatoms. The van der Waals surface area contributed by atoms with Gasteiger partial charge in [-0.15, -0.1) is 0 Å². The lowest BCUT2D eigenvalue weighted by atomic mass is 9.43. The molecule has 0 bridgehead atoms. The van der Waals surface area contributed by atoms with Crippen LogP contribution < -0.4 is 0 Å². The lowest BCUT2D eigenvalue weighted by Gasteiger charge is -2.62. The predicted octanol–water partition coefficient (Wildman–Crippen LogP) is 4.81. The molecular formula is C29H42O7. The van der Waals surface area contributed by atoms with Crippen molar-refractivity contribution < 1.29 is 33.4 Å². The van der Waals surface area contributed by atoms with Crippen LogP contribution in [-0.4, -0.2) is 43.0 Å². The first kappa shape index (κ1) is 26.9. The second-order valence-electron chi connectivity index (χ2n) is 12.2. The van der Waals surface area contributed by atoms with E-state index in [4.69, 9.17) is 14.2 Å². The molecule has 0 aliphatic heterocycles. The van der Waals surface area contributed by atoms with Gasteiger partial charge in [0, 0.05) is 32.1 Å². The van der Waals surface area contributed by atoms with Gasteiger partial charge in [0.25, 0.3) is 0 Å². The summed E-state index contributed by atoms with van der Waals surface area (Å²) in [5.41, 5.74) is 0.843. The Morgan fingerprint density at radius 3 is 2.39 bits per heavy atom. The largest absolute Gasteiger partial charge is 0.469 e. The summed E-state index contributed by atoms with van der Waals surface area (Å²) in [4.78, 5) is 49.3. The Kier molecular flexibility index (Phi) is 7.42. The number of hydrogen-bond donors (Lipinski definition) is 0. The summed E-state index contributed by atoms with van der Waals surface area (Å²) in [6.45, 7) is 9.55. The lowest BCUT2D eigenvalue weighted by molar-refractivity contribution is -0.193. The predicted molar refractivity (Wildman–Crippen MR) is 132 cm³/mol. The number of methoxy groups -OCH3 is 1. The second-order valence-corrected chi connectivity index (χ2v) is 12.2. The molecule has 0 N–H and O–H groups in total. The van der Waals surface area contributed by atoms with E-state index in [2.05, 4.69) is 20.8 Å². The number of fused-ring (bicyclic) bond motifs is 5. The van der Waals surface area contributed by atoms with Crippen LogP contribution in [0.3, 0.4) is 0 Å². The van der Waals surface area contributed by atoms with E-state index in [9.17, 15) is 19.2 Å². The van der Waals surface area contributed by atoms with Crippen molar-refractivity contribution in [1.82, 2.24) is 0 Å². The Morgan fingerprint density at radius 1 is 1.06 bits per heavy atom. The molecule has 0 saturated heterocycles. The number of carbonyl (C=O) groups excluding carboxylic acids is 4. The van der Waals surface area contributed by atoms with Crippen LogP contribution in [0.5, 0.6) is 0 Å². The van der Waals surface area contributed by atoms with Gasteiger partial charge in [-0.05, 0) is 79.6 Å². The summed E-state index contributed by atoms with van der Waals surface area (Å²) in [5.74, 6) is -0.285. The van der Waals surface area contributed by atoms with Gasteiger partial charge in [-0.1, -0.05) is 26.3 Å². The SMILES string of the molecule is COC(=O)CC[C@@H](C)C1=CC(=O)[C@H]2C3C(CC[C@]12C)[C@@]1(C)CC[C@@H](OC(C)=O)CC1C[C@H]3OC(C)=O. The van der Waals surface area contributed by atoms with Gasteiger partial charge in [0.2, 0.25) is 0 Å². The van der Waals surface area contributed by atoms with Crippen molar-refractivity contribution in [3.63, 3.8) is 0 Å². The molecule has 4 aliphatic carbocycles. The van der Waals surface area contributed by atoms with Crippen LogP contribution in [0.2, 0.25) is 0 Å². The first-order chi connectivity index (χ1) is 16.9. The second kappa shape index (κ2) is 9.94. The first-order valence-corrected chi connectivity index (χ1v) is 13.6.